The van der Waals surface area contributed by atoms with Gasteiger partial charge in [0.15, 0.2) is 0 Å². The van der Waals surface area contributed by atoms with Gasteiger partial charge in [0.25, 0.3) is 0 Å². The molecule has 6 nitrogen and oxygen atoms in total. The standard InChI is InChI=1S/C19H27N3O3/c1-2-3-7-17(14-23)20-18(24)15-10-12-22(13-11-15)19(25)21-16-8-5-4-6-9-16/h2-6,8-9,15,17,23H,7,10-14H2,1H3,(H,20,24)(H,21,25)/b3-2+. The van der Waals surface area contributed by atoms with Gasteiger partial charge in [-0.3, -0.25) is 4.79 Å². The molecule has 1 heterocycles. The number of carbonyl (C=O) groups is 2. The molecule has 136 valence electrons. The largest absolute Gasteiger partial charge is 0.394 e. The minimum atomic E-state index is -0.247. The molecular weight excluding hydrogens is 318 g/mol. The smallest absolute Gasteiger partial charge is 0.321 e. The van der Waals surface area contributed by atoms with Crippen LogP contribution < -0.4 is 10.6 Å². The van der Waals surface area contributed by atoms with Crippen LogP contribution in [0.25, 0.3) is 0 Å². The molecule has 1 unspecified atom stereocenters. The predicted octanol–water partition coefficient (Wildman–Crippen LogP) is 2.37. The Morgan fingerprint density at radius 3 is 2.56 bits per heavy atom. The highest BCUT2D eigenvalue weighted by atomic mass is 16.3. The van der Waals surface area contributed by atoms with Crippen LogP contribution in [0, 0.1) is 5.92 Å². The fourth-order valence-electron chi connectivity index (χ4n) is 2.87. The quantitative estimate of drug-likeness (QED) is 0.692. The summed E-state index contributed by atoms with van der Waals surface area (Å²) in [7, 11) is 0. The van der Waals surface area contributed by atoms with Gasteiger partial charge in [0, 0.05) is 24.7 Å². The molecule has 6 heteroatoms. The maximum absolute atomic E-state index is 12.3. The molecule has 0 radical (unpaired) electrons. The van der Waals surface area contributed by atoms with E-state index in [0.717, 1.165) is 5.69 Å². The van der Waals surface area contributed by atoms with Gasteiger partial charge >= 0.3 is 6.03 Å². The molecule has 1 atom stereocenters. The minimum Gasteiger partial charge on any atom is -0.394 e. The Morgan fingerprint density at radius 2 is 1.96 bits per heavy atom. The van der Waals surface area contributed by atoms with Gasteiger partial charge in [-0.2, -0.15) is 0 Å². The summed E-state index contributed by atoms with van der Waals surface area (Å²) >= 11 is 0. The summed E-state index contributed by atoms with van der Waals surface area (Å²) in [5.41, 5.74) is 0.766. The van der Waals surface area contributed by atoms with Crippen molar-refractivity contribution in [1.29, 1.82) is 0 Å². The number of likely N-dealkylation sites (tertiary alicyclic amines) is 1. The average Bonchev–Trinajstić information content (AvgIpc) is 2.65. The summed E-state index contributed by atoms with van der Waals surface area (Å²) in [6.45, 7) is 2.94. The molecule has 3 amide bonds. The third-order valence-electron chi connectivity index (χ3n) is 4.40. The van der Waals surface area contributed by atoms with Crippen LogP contribution in [0.3, 0.4) is 0 Å². The van der Waals surface area contributed by atoms with Crippen molar-refractivity contribution >= 4 is 17.6 Å². The van der Waals surface area contributed by atoms with Crippen molar-refractivity contribution in [3.05, 3.63) is 42.5 Å². The fraction of sp³-hybridized carbons (Fsp3) is 0.474. The normalized spacial score (nSPS) is 16.6. The highest BCUT2D eigenvalue weighted by Gasteiger charge is 2.28. The van der Waals surface area contributed by atoms with E-state index < -0.39 is 0 Å². The molecule has 25 heavy (non-hydrogen) atoms. The van der Waals surface area contributed by atoms with Crippen LogP contribution in [0.2, 0.25) is 0 Å². The van der Waals surface area contributed by atoms with Gasteiger partial charge in [0.2, 0.25) is 5.91 Å². The summed E-state index contributed by atoms with van der Waals surface area (Å²) < 4.78 is 0. The number of urea groups is 1. The van der Waals surface area contributed by atoms with Crippen molar-refractivity contribution in [3.63, 3.8) is 0 Å². The van der Waals surface area contributed by atoms with Crippen LogP contribution in [0.4, 0.5) is 10.5 Å². The van der Waals surface area contributed by atoms with Crippen molar-refractivity contribution in [1.82, 2.24) is 10.2 Å². The zero-order chi connectivity index (χ0) is 18.1. The fourth-order valence-corrected chi connectivity index (χ4v) is 2.87. The summed E-state index contributed by atoms with van der Waals surface area (Å²) in [4.78, 5) is 26.3. The molecule has 0 saturated carbocycles. The molecule has 1 saturated heterocycles. The van der Waals surface area contributed by atoms with Crippen molar-refractivity contribution in [2.45, 2.75) is 32.2 Å². The van der Waals surface area contributed by atoms with E-state index >= 15 is 0 Å². The van der Waals surface area contributed by atoms with E-state index in [0.29, 0.717) is 32.4 Å². The van der Waals surface area contributed by atoms with Crippen molar-refractivity contribution in [3.8, 4) is 0 Å². The first-order valence-electron chi connectivity index (χ1n) is 8.77. The second kappa shape index (κ2) is 9.84. The van der Waals surface area contributed by atoms with Gasteiger partial charge in [-0.05, 0) is 38.3 Å². The number of benzene rings is 1. The van der Waals surface area contributed by atoms with E-state index in [1.807, 2.05) is 49.4 Å². The van der Waals surface area contributed by atoms with Crippen LogP contribution in [0.5, 0.6) is 0 Å². The van der Waals surface area contributed by atoms with Crippen LogP contribution in [-0.2, 0) is 4.79 Å². The first-order chi connectivity index (χ1) is 12.1. The summed E-state index contributed by atoms with van der Waals surface area (Å²) in [5, 5.41) is 15.1. The molecule has 0 aromatic heterocycles. The topological polar surface area (TPSA) is 81.7 Å². The molecule has 0 bridgehead atoms. The number of nitrogens with zero attached hydrogens (tertiary/aromatic N) is 1. The molecule has 1 fully saturated rings. The summed E-state index contributed by atoms with van der Waals surface area (Å²) in [6.07, 6.45) is 5.72. The zero-order valence-corrected chi connectivity index (χ0v) is 14.6. The number of hydrogen-bond acceptors (Lipinski definition) is 3. The van der Waals surface area contributed by atoms with Gasteiger partial charge in [-0.15, -0.1) is 0 Å². The number of aliphatic hydroxyl groups is 1. The molecule has 1 aromatic carbocycles. The first-order valence-corrected chi connectivity index (χ1v) is 8.77. The Morgan fingerprint density at radius 1 is 1.28 bits per heavy atom. The number of nitrogens with one attached hydrogen (secondary N) is 2. The predicted molar refractivity (Wildman–Crippen MR) is 98.2 cm³/mol. The summed E-state index contributed by atoms with van der Waals surface area (Å²) in [5.74, 6) is -0.146. The Labute approximate surface area is 148 Å². The lowest BCUT2D eigenvalue weighted by Crippen LogP contribution is -2.47. The molecule has 1 aliphatic heterocycles. The lowest BCUT2D eigenvalue weighted by atomic mass is 9.95. The van der Waals surface area contributed by atoms with Gasteiger partial charge in [-0.1, -0.05) is 30.4 Å². The molecule has 1 aromatic rings. The van der Waals surface area contributed by atoms with Crippen LogP contribution >= 0.6 is 0 Å². The van der Waals surface area contributed by atoms with E-state index in [1.54, 1.807) is 4.90 Å². The molecule has 2 rings (SSSR count). The van der Waals surface area contributed by atoms with Crippen LogP contribution in [0.1, 0.15) is 26.2 Å². The third-order valence-corrected chi connectivity index (χ3v) is 4.40. The van der Waals surface area contributed by atoms with Gasteiger partial charge in [0.1, 0.15) is 0 Å². The minimum absolute atomic E-state index is 0.0355. The van der Waals surface area contributed by atoms with Gasteiger partial charge < -0.3 is 20.6 Å². The number of rotatable bonds is 6. The number of anilines is 1. The number of allylic oxidation sites excluding steroid dienone is 1. The average molecular weight is 345 g/mol. The van der Waals surface area contributed by atoms with E-state index in [-0.39, 0.29) is 30.5 Å². The number of aliphatic hydroxyl groups excluding tert-OH is 1. The van der Waals surface area contributed by atoms with Crippen LogP contribution in [-0.4, -0.2) is 47.7 Å². The second-order valence-electron chi connectivity index (χ2n) is 6.25. The lowest BCUT2D eigenvalue weighted by molar-refractivity contribution is -0.127. The Bertz CT molecular complexity index is 581. The van der Waals surface area contributed by atoms with Crippen molar-refractivity contribution in [2.24, 2.45) is 5.92 Å². The maximum Gasteiger partial charge on any atom is 0.321 e. The SMILES string of the molecule is C/C=C/CC(CO)NC(=O)C1CCN(C(=O)Nc2ccccc2)CC1. The number of hydrogen-bond donors (Lipinski definition) is 3. The Balaban J connectivity index is 1.78. The first kappa shape index (κ1) is 19.0. The van der Waals surface area contributed by atoms with Crippen molar-refractivity contribution in [2.75, 3.05) is 25.0 Å². The van der Waals surface area contributed by atoms with E-state index in [4.69, 9.17) is 0 Å². The van der Waals surface area contributed by atoms with E-state index in [1.165, 1.54) is 0 Å². The highest BCUT2D eigenvalue weighted by molar-refractivity contribution is 5.89. The highest BCUT2D eigenvalue weighted by Crippen LogP contribution is 2.19. The Kier molecular flexibility index (Phi) is 7.47. The van der Waals surface area contributed by atoms with Gasteiger partial charge in [-0.25, -0.2) is 4.79 Å². The summed E-state index contributed by atoms with van der Waals surface area (Å²) in [6, 6.07) is 8.95. The third kappa shape index (κ3) is 5.90. The van der Waals surface area contributed by atoms with Crippen LogP contribution in [0.15, 0.2) is 42.5 Å². The number of para-hydroxylation sites is 1. The lowest BCUT2D eigenvalue weighted by Gasteiger charge is -2.32. The molecule has 3 N–H and O–H groups in total. The zero-order valence-electron chi connectivity index (χ0n) is 14.6. The molecule has 0 aliphatic carbocycles. The molecule has 1 aliphatic rings. The molecular formula is C19H27N3O3. The molecule has 0 spiro atoms. The van der Waals surface area contributed by atoms with E-state index in [9.17, 15) is 14.7 Å². The number of amides is 3. The van der Waals surface area contributed by atoms with Gasteiger partial charge in [0.05, 0.1) is 12.6 Å². The number of carbonyl (C=O) groups excluding carboxylic acids is 2. The number of piperidine rings is 1. The van der Waals surface area contributed by atoms with Crippen molar-refractivity contribution < 1.29 is 14.7 Å². The van der Waals surface area contributed by atoms with E-state index in [2.05, 4.69) is 10.6 Å². The second-order valence-corrected chi connectivity index (χ2v) is 6.25. The monoisotopic (exact) mass is 345 g/mol. The Hall–Kier alpha value is -2.34. The maximum atomic E-state index is 12.3.